The maximum atomic E-state index is 6.23. The van der Waals surface area contributed by atoms with Crippen molar-refractivity contribution in [1.29, 1.82) is 0 Å². The van der Waals surface area contributed by atoms with E-state index in [4.69, 9.17) is 17.3 Å². The summed E-state index contributed by atoms with van der Waals surface area (Å²) in [7, 11) is 0. The van der Waals surface area contributed by atoms with Gasteiger partial charge >= 0.3 is 0 Å². The van der Waals surface area contributed by atoms with Crippen LogP contribution in [0.4, 0.5) is 0 Å². The summed E-state index contributed by atoms with van der Waals surface area (Å²) in [6, 6.07) is 9.79. The third-order valence-electron chi connectivity index (χ3n) is 2.76. The highest BCUT2D eigenvalue weighted by Crippen LogP contribution is 2.24. The lowest BCUT2D eigenvalue weighted by molar-refractivity contribution is 0.702. The highest BCUT2D eigenvalue weighted by Gasteiger charge is 2.11. The molecule has 2 N–H and O–H groups in total. The molecule has 2 aromatic rings. The predicted molar refractivity (Wildman–Crippen MR) is 83.8 cm³/mol. The van der Waals surface area contributed by atoms with Crippen LogP contribution in [-0.2, 0) is 6.42 Å². The van der Waals surface area contributed by atoms with Gasteiger partial charge in [0.1, 0.15) is 0 Å². The van der Waals surface area contributed by atoms with Gasteiger partial charge in [-0.3, -0.25) is 4.98 Å². The molecule has 0 radical (unpaired) electrons. The van der Waals surface area contributed by atoms with E-state index in [1.165, 1.54) is 0 Å². The van der Waals surface area contributed by atoms with Crippen LogP contribution in [0, 0.1) is 10.5 Å². The van der Waals surface area contributed by atoms with Gasteiger partial charge in [-0.1, -0.05) is 17.7 Å². The number of aromatic nitrogens is 1. The van der Waals surface area contributed by atoms with Crippen molar-refractivity contribution >= 4 is 34.2 Å². The maximum absolute atomic E-state index is 6.23. The number of nitrogens with zero attached hydrogens (tertiary/aromatic N) is 1. The van der Waals surface area contributed by atoms with Crippen LogP contribution >= 0.6 is 34.2 Å². The van der Waals surface area contributed by atoms with Crippen molar-refractivity contribution in [1.82, 2.24) is 4.98 Å². The Labute approximate surface area is 126 Å². The summed E-state index contributed by atoms with van der Waals surface area (Å²) in [5.41, 5.74) is 9.47. The fourth-order valence-electron chi connectivity index (χ4n) is 1.75. The van der Waals surface area contributed by atoms with Crippen LogP contribution in [0.15, 0.2) is 36.5 Å². The van der Waals surface area contributed by atoms with E-state index in [0.717, 1.165) is 31.8 Å². The van der Waals surface area contributed by atoms with Gasteiger partial charge < -0.3 is 5.73 Å². The number of rotatable bonds is 3. The first-order chi connectivity index (χ1) is 8.56. The molecule has 0 spiro atoms. The smallest absolute Gasteiger partial charge is 0.0422 e. The van der Waals surface area contributed by atoms with E-state index >= 15 is 0 Å². The average Bonchev–Trinajstić information content (AvgIpc) is 2.35. The Morgan fingerprint density at radius 3 is 2.78 bits per heavy atom. The molecule has 0 saturated carbocycles. The van der Waals surface area contributed by atoms with Crippen molar-refractivity contribution in [2.75, 3.05) is 0 Å². The van der Waals surface area contributed by atoms with Gasteiger partial charge in [0.2, 0.25) is 0 Å². The second-order valence-electron chi connectivity index (χ2n) is 4.30. The molecule has 2 nitrogen and oxygen atoms in total. The van der Waals surface area contributed by atoms with E-state index in [9.17, 15) is 0 Å². The first-order valence-electron chi connectivity index (χ1n) is 5.68. The molecular formula is C14H14ClIN2. The molecule has 0 saturated heterocycles. The molecular weight excluding hydrogens is 359 g/mol. The Kier molecular flexibility index (Phi) is 4.59. The third kappa shape index (κ3) is 3.43. The molecule has 1 atom stereocenters. The molecule has 0 amide bonds. The van der Waals surface area contributed by atoms with Crippen LogP contribution in [0.5, 0.6) is 0 Å². The molecule has 0 aliphatic heterocycles. The van der Waals surface area contributed by atoms with Gasteiger partial charge in [0.15, 0.2) is 0 Å². The topological polar surface area (TPSA) is 38.9 Å². The lowest BCUT2D eigenvalue weighted by Crippen LogP contribution is -2.15. The minimum atomic E-state index is -0.0780. The number of benzene rings is 1. The molecule has 2 rings (SSSR count). The van der Waals surface area contributed by atoms with Gasteiger partial charge in [-0.05, 0) is 64.9 Å². The van der Waals surface area contributed by atoms with Gasteiger partial charge in [0, 0.05) is 32.9 Å². The minimum Gasteiger partial charge on any atom is -0.324 e. The zero-order valence-corrected chi connectivity index (χ0v) is 12.9. The molecule has 0 aliphatic carbocycles. The Morgan fingerprint density at radius 1 is 1.33 bits per heavy atom. The van der Waals surface area contributed by atoms with Gasteiger partial charge in [-0.25, -0.2) is 0 Å². The predicted octanol–water partition coefficient (Wildman–Crippen LogP) is 3.89. The van der Waals surface area contributed by atoms with Crippen molar-refractivity contribution < 1.29 is 0 Å². The zero-order valence-electron chi connectivity index (χ0n) is 10.0. The Morgan fingerprint density at radius 2 is 2.11 bits per heavy atom. The molecule has 1 unspecified atom stereocenters. The van der Waals surface area contributed by atoms with E-state index in [1.807, 2.05) is 37.4 Å². The summed E-state index contributed by atoms with van der Waals surface area (Å²) in [4.78, 5) is 4.38. The fraction of sp³-hybridized carbons (Fsp3) is 0.214. The second kappa shape index (κ2) is 5.99. The highest BCUT2D eigenvalue weighted by atomic mass is 127. The van der Waals surface area contributed by atoms with Gasteiger partial charge in [-0.15, -0.1) is 0 Å². The van der Waals surface area contributed by atoms with Crippen molar-refractivity contribution in [2.24, 2.45) is 5.73 Å². The summed E-state index contributed by atoms with van der Waals surface area (Å²) in [5.74, 6) is 0. The normalized spacial score (nSPS) is 12.4. The number of hydrogen-bond acceptors (Lipinski definition) is 2. The largest absolute Gasteiger partial charge is 0.324 e. The second-order valence-corrected chi connectivity index (χ2v) is 5.90. The molecule has 1 aromatic carbocycles. The third-order valence-corrected chi connectivity index (χ3v) is 3.98. The summed E-state index contributed by atoms with van der Waals surface area (Å²) in [6.07, 6.45) is 2.58. The maximum Gasteiger partial charge on any atom is 0.0422 e. The minimum absolute atomic E-state index is 0.0780. The molecule has 4 heteroatoms. The molecule has 1 aromatic heterocycles. The quantitative estimate of drug-likeness (QED) is 0.830. The number of pyridine rings is 1. The van der Waals surface area contributed by atoms with E-state index in [1.54, 1.807) is 0 Å². The van der Waals surface area contributed by atoms with Crippen LogP contribution in [0.1, 0.15) is 22.9 Å². The number of nitrogens with two attached hydrogens (primary N) is 1. The Balaban J connectivity index is 2.18. The highest BCUT2D eigenvalue weighted by molar-refractivity contribution is 14.1. The SMILES string of the molecule is Cc1ccc(CC(N)c2cc(Cl)ccc2I)nc1. The molecule has 1 heterocycles. The van der Waals surface area contributed by atoms with Crippen LogP contribution < -0.4 is 5.73 Å². The summed E-state index contributed by atoms with van der Waals surface area (Å²) in [5, 5.41) is 0.720. The summed E-state index contributed by atoms with van der Waals surface area (Å²) < 4.78 is 1.14. The number of halogens is 2. The number of hydrogen-bond donors (Lipinski definition) is 1. The van der Waals surface area contributed by atoms with Crippen LogP contribution in [0.25, 0.3) is 0 Å². The van der Waals surface area contributed by atoms with E-state index in [0.29, 0.717) is 0 Å². The van der Waals surface area contributed by atoms with Crippen molar-refractivity contribution in [3.8, 4) is 0 Å². The van der Waals surface area contributed by atoms with Crippen molar-refractivity contribution in [3.63, 3.8) is 0 Å². The summed E-state index contributed by atoms with van der Waals surface area (Å²) in [6.45, 7) is 2.02. The lowest BCUT2D eigenvalue weighted by atomic mass is 10.0. The van der Waals surface area contributed by atoms with Crippen LogP contribution in [-0.4, -0.2) is 4.98 Å². The molecule has 0 bridgehead atoms. The number of aryl methyl sites for hydroxylation is 1. The monoisotopic (exact) mass is 372 g/mol. The van der Waals surface area contributed by atoms with Gasteiger partial charge in [0.05, 0.1) is 0 Å². The van der Waals surface area contributed by atoms with Crippen molar-refractivity contribution in [2.45, 2.75) is 19.4 Å². The van der Waals surface area contributed by atoms with Crippen LogP contribution in [0.3, 0.4) is 0 Å². The van der Waals surface area contributed by atoms with E-state index < -0.39 is 0 Å². The first-order valence-corrected chi connectivity index (χ1v) is 7.14. The van der Waals surface area contributed by atoms with Gasteiger partial charge in [0.25, 0.3) is 0 Å². The zero-order chi connectivity index (χ0) is 13.1. The van der Waals surface area contributed by atoms with E-state index in [-0.39, 0.29) is 6.04 Å². The standard InChI is InChI=1S/C14H14ClIN2/c1-9-2-4-11(18-8-9)7-14(17)12-6-10(15)3-5-13(12)16/h2-6,8,14H,7,17H2,1H3. The average molecular weight is 373 g/mol. The van der Waals surface area contributed by atoms with E-state index in [2.05, 4.69) is 33.6 Å². The summed E-state index contributed by atoms with van der Waals surface area (Å²) >= 11 is 8.29. The first kappa shape index (κ1) is 13.8. The molecule has 0 fully saturated rings. The van der Waals surface area contributed by atoms with Crippen LogP contribution in [0.2, 0.25) is 5.02 Å². The fourth-order valence-corrected chi connectivity index (χ4v) is 2.67. The Bertz CT molecular complexity index is 540. The van der Waals surface area contributed by atoms with Gasteiger partial charge in [-0.2, -0.15) is 0 Å². The molecule has 0 aliphatic rings. The molecule has 18 heavy (non-hydrogen) atoms. The Hall–Kier alpha value is -0.650. The lowest BCUT2D eigenvalue weighted by Gasteiger charge is -2.14. The van der Waals surface area contributed by atoms with Crippen molar-refractivity contribution in [3.05, 3.63) is 61.9 Å². The molecule has 94 valence electrons.